The van der Waals surface area contributed by atoms with Crippen LogP contribution >= 0.6 is 46.6 Å². The summed E-state index contributed by atoms with van der Waals surface area (Å²) in [6, 6.07) is 10.5. The predicted molar refractivity (Wildman–Crippen MR) is 115 cm³/mol. The van der Waals surface area contributed by atoms with Crippen LogP contribution in [0.25, 0.3) is 6.08 Å². The van der Waals surface area contributed by atoms with Gasteiger partial charge in [0, 0.05) is 17.1 Å². The fourth-order valence-electron chi connectivity index (χ4n) is 2.50. The number of carbonyl (C=O) groups excluding carboxylic acids is 2. The second-order valence-corrected chi connectivity index (χ2v) is 7.99. The minimum atomic E-state index is -0.374. The maximum Gasteiger partial charge on any atom is 0.293 e. The van der Waals surface area contributed by atoms with Gasteiger partial charge >= 0.3 is 0 Å². The van der Waals surface area contributed by atoms with Gasteiger partial charge in [0.05, 0.1) is 15.0 Å². The zero-order chi connectivity index (χ0) is 20.3. The van der Waals surface area contributed by atoms with Crippen molar-refractivity contribution in [2.24, 2.45) is 0 Å². The number of ether oxygens (including phenoxy) is 1. The van der Waals surface area contributed by atoms with Crippen molar-refractivity contribution in [3.63, 3.8) is 0 Å². The van der Waals surface area contributed by atoms with Gasteiger partial charge in [0.1, 0.15) is 6.61 Å². The Morgan fingerprint density at radius 1 is 1.07 bits per heavy atom. The molecule has 2 amide bonds. The van der Waals surface area contributed by atoms with E-state index in [2.05, 4.69) is 6.58 Å². The molecule has 2 aromatic rings. The molecule has 1 fully saturated rings. The largest absolute Gasteiger partial charge is 0.486 e. The number of imide groups is 1. The van der Waals surface area contributed by atoms with E-state index in [9.17, 15) is 9.59 Å². The van der Waals surface area contributed by atoms with Gasteiger partial charge in [0.15, 0.2) is 5.75 Å². The van der Waals surface area contributed by atoms with E-state index in [0.29, 0.717) is 21.2 Å². The van der Waals surface area contributed by atoms with E-state index < -0.39 is 0 Å². The fourth-order valence-corrected chi connectivity index (χ4v) is 4.16. The fraction of sp³-hybridized carbons (Fsp3) is 0.100. The number of hydrogen-bond acceptors (Lipinski definition) is 4. The average molecular weight is 455 g/mol. The number of carbonyl (C=O) groups is 2. The Morgan fingerprint density at radius 3 is 2.39 bits per heavy atom. The Kier molecular flexibility index (Phi) is 6.73. The van der Waals surface area contributed by atoms with Crippen LogP contribution in [0.4, 0.5) is 4.79 Å². The lowest BCUT2D eigenvalue weighted by Crippen LogP contribution is -2.27. The van der Waals surface area contributed by atoms with E-state index in [1.807, 2.05) is 18.2 Å². The van der Waals surface area contributed by atoms with Crippen LogP contribution < -0.4 is 4.74 Å². The van der Waals surface area contributed by atoms with Gasteiger partial charge in [-0.2, -0.15) is 0 Å². The molecule has 1 aliphatic rings. The maximum absolute atomic E-state index is 12.3. The highest BCUT2D eigenvalue weighted by Gasteiger charge is 2.34. The summed E-state index contributed by atoms with van der Waals surface area (Å²) >= 11 is 19.6. The van der Waals surface area contributed by atoms with Crippen LogP contribution in [0.1, 0.15) is 11.1 Å². The van der Waals surface area contributed by atoms with E-state index in [1.54, 1.807) is 24.3 Å². The number of rotatable bonds is 6. The monoisotopic (exact) mass is 453 g/mol. The highest BCUT2D eigenvalue weighted by atomic mass is 35.5. The first-order valence-corrected chi connectivity index (χ1v) is 10.1. The van der Waals surface area contributed by atoms with Crippen LogP contribution in [-0.2, 0) is 11.4 Å². The van der Waals surface area contributed by atoms with Crippen LogP contribution in [0.3, 0.4) is 0 Å². The number of nitrogens with zero attached hydrogens (tertiary/aromatic N) is 1. The van der Waals surface area contributed by atoms with Crippen molar-refractivity contribution >= 4 is 63.8 Å². The molecule has 0 atom stereocenters. The normalized spacial score (nSPS) is 15.4. The molecule has 28 heavy (non-hydrogen) atoms. The van der Waals surface area contributed by atoms with Gasteiger partial charge in [0.25, 0.3) is 11.1 Å². The molecule has 1 aliphatic heterocycles. The quantitative estimate of drug-likeness (QED) is 0.372. The average Bonchev–Trinajstić information content (AvgIpc) is 2.90. The van der Waals surface area contributed by atoms with E-state index in [0.717, 1.165) is 22.2 Å². The minimum Gasteiger partial charge on any atom is -0.486 e. The molecule has 0 aromatic heterocycles. The van der Waals surface area contributed by atoms with Crippen molar-refractivity contribution in [3.8, 4) is 5.75 Å². The Balaban J connectivity index is 1.80. The summed E-state index contributed by atoms with van der Waals surface area (Å²) in [5.41, 5.74) is 1.39. The highest BCUT2D eigenvalue weighted by Crippen LogP contribution is 2.38. The molecule has 3 rings (SSSR count). The minimum absolute atomic E-state index is 0.165. The van der Waals surface area contributed by atoms with Crippen LogP contribution in [0.15, 0.2) is 54.0 Å². The molecule has 2 aromatic carbocycles. The van der Waals surface area contributed by atoms with Crippen LogP contribution in [0.5, 0.6) is 5.75 Å². The van der Waals surface area contributed by atoms with Crippen LogP contribution in [0.2, 0.25) is 15.1 Å². The predicted octanol–water partition coefficient (Wildman–Crippen LogP) is 6.45. The first-order valence-electron chi connectivity index (χ1n) is 8.12. The molecule has 8 heteroatoms. The van der Waals surface area contributed by atoms with Crippen LogP contribution in [-0.4, -0.2) is 22.6 Å². The Morgan fingerprint density at radius 2 is 1.75 bits per heavy atom. The van der Waals surface area contributed by atoms with Crippen molar-refractivity contribution in [1.82, 2.24) is 4.90 Å². The summed E-state index contributed by atoms with van der Waals surface area (Å²) in [5, 5.41) is 0.821. The number of benzene rings is 2. The van der Waals surface area contributed by atoms with Crippen molar-refractivity contribution < 1.29 is 14.3 Å². The van der Waals surface area contributed by atoms with Gasteiger partial charge in [-0.1, -0.05) is 59.1 Å². The van der Waals surface area contributed by atoms with Crippen LogP contribution in [0, 0.1) is 0 Å². The molecule has 0 spiro atoms. The molecule has 0 unspecified atom stereocenters. The summed E-state index contributed by atoms with van der Waals surface area (Å²) in [7, 11) is 0. The van der Waals surface area contributed by atoms with Crippen molar-refractivity contribution in [3.05, 3.63) is 80.2 Å². The molecule has 0 N–H and O–H groups in total. The Bertz CT molecular complexity index is 967. The molecule has 0 radical (unpaired) electrons. The smallest absolute Gasteiger partial charge is 0.293 e. The summed E-state index contributed by atoms with van der Waals surface area (Å²) in [6.45, 7) is 3.92. The third-order valence-corrected chi connectivity index (χ3v) is 5.67. The van der Waals surface area contributed by atoms with Gasteiger partial charge in [-0.05, 0) is 41.6 Å². The summed E-state index contributed by atoms with van der Waals surface area (Å²) in [4.78, 5) is 25.6. The summed E-state index contributed by atoms with van der Waals surface area (Å²) < 4.78 is 5.73. The number of halogens is 3. The lowest BCUT2D eigenvalue weighted by atomic mass is 10.2. The van der Waals surface area contributed by atoms with Gasteiger partial charge < -0.3 is 4.74 Å². The molecular formula is C20H14Cl3NO3S. The third-order valence-electron chi connectivity index (χ3n) is 3.83. The first kappa shape index (κ1) is 20.8. The Hall–Kier alpha value is -1.92. The van der Waals surface area contributed by atoms with Gasteiger partial charge in [0.2, 0.25) is 0 Å². The topological polar surface area (TPSA) is 46.6 Å². The lowest BCUT2D eigenvalue weighted by Gasteiger charge is -2.12. The molecule has 0 bridgehead atoms. The number of amides is 2. The van der Waals surface area contributed by atoms with Gasteiger partial charge in [-0.3, -0.25) is 14.5 Å². The molecule has 4 nitrogen and oxygen atoms in total. The SMILES string of the molecule is C=CCN1C(=O)S/C(=C/c2cc(Cl)c(OCc3ccccc3Cl)c(Cl)c2)C1=O. The zero-order valence-electron chi connectivity index (χ0n) is 14.5. The van der Waals surface area contributed by atoms with E-state index in [-0.39, 0.29) is 34.3 Å². The first-order chi connectivity index (χ1) is 13.4. The Labute approximate surface area is 181 Å². The lowest BCUT2D eigenvalue weighted by molar-refractivity contribution is -0.122. The van der Waals surface area contributed by atoms with E-state index in [1.165, 1.54) is 6.08 Å². The zero-order valence-corrected chi connectivity index (χ0v) is 17.5. The second kappa shape index (κ2) is 9.05. The van der Waals surface area contributed by atoms with Crippen molar-refractivity contribution in [2.45, 2.75) is 6.61 Å². The molecule has 144 valence electrons. The van der Waals surface area contributed by atoms with Gasteiger partial charge in [-0.15, -0.1) is 6.58 Å². The molecular weight excluding hydrogens is 441 g/mol. The van der Waals surface area contributed by atoms with Gasteiger partial charge in [-0.25, -0.2) is 0 Å². The molecule has 0 aliphatic carbocycles. The second-order valence-electron chi connectivity index (χ2n) is 5.77. The third kappa shape index (κ3) is 4.55. The summed E-state index contributed by atoms with van der Waals surface area (Å²) in [5.74, 6) is -0.0543. The molecule has 1 saturated heterocycles. The molecule has 0 saturated carbocycles. The maximum atomic E-state index is 12.3. The van der Waals surface area contributed by atoms with E-state index >= 15 is 0 Å². The van der Waals surface area contributed by atoms with E-state index in [4.69, 9.17) is 39.5 Å². The standard InChI is InChI=1S/C20H14Cl3NO3S/c1-2-7-24-19(25)17(28-20(24)26)10-12-8-15(22)18(16(23)9-12)27-11-13-5-3-4-6-14(13)21/h2-6,8-10H,1,7,11H2/b17-10+. The number of hydrogen-bond donors (Lipinski definition) is 0. The van der Waals surface area contributed by atoms with Crippen molar-refractivity contribution in [2.75, 3.05) is 6.54 Å². The number of thioether (sulfide) groups is 1. The molecule has 1 heterocycles. The highest BCUT2D eigenvalue weighted by molar-refractivity contribution is 8.18. The summed E-state index contributed by atoms with van der Waals surface area (Å²) in [6.07, 6.45) is 3.07. The van der Waals surface area contributed by atoms with Crippen molar-refractivity contribution in [1.29, 1.82) is 0 Å².